The van der Waals surface area contributed by atoms with Crippen LogP contribution in [0.3, 0.4) is 0 Å². The van der Waals surface area contributed by atoms with E-state index in [2.05, 4.69) is 0 Å². The molecular formula is C12H13FO3. The molecule has 2 rings (SSSR count). The number of aliphatic carboxylic acids is 1. The molecule has 1 aromatic rings. The molecule has 0 spiro atoms. The van der Waals surface area contributed by atoms with Crippen molar-refractivity contribution in [2.24, 2.45) is 5.92 Å². The van der Waals surface area contributed by atoms with Crippen LogP contribution in [0.25, 0.3) is 0 Å². The zero-order valence-electron chi connectivity index (χ0n) is 8.73. The fraction of sp³-hybridized carbons (Fsp3) is 0.417. The number of hydrogen-bond acceptors (Lipinski definition) is 2. The van der Waals surface area contributed by atoms with Crippen LogP contribution in [-0.4, -0.2) is 24.3 Å². The number of ether oxygens (including phenoxy) is 1. The van der Waals surface area contributed by atoms with Gasteiger partial charge < -0.3 is 9.84 Å². The molecule has 0 amide bonds. The van der Waals surface area contributed by atoms with E-state index in [-0.39, 0.29) is 11.7 Å². The lowest BCUT2D eigenvalue weighted by molar-refractivity contribution is -0.146. The van der Waals surface area contributed by atoms with Gasteiger partial charge in [0.05, 0.1) is 12.5 Å². The second-order valence-corrected chi connectivity index (χ2v) is 3.97. The Kier molecular flexibility index (Phi) is 3.19. The second kappa shape index (κ2) is 4.61. The van der Waals surface area contributed by atoms with E-state index in [1.807, 2.05) is 0 Å². The summed E-state index contributed by atoms with van der Waals surface area (Å²) in [6.45, 7) is 0.872. The van der Waals surface area contributed by atoms with Crippen molar-refractivity contribution in [1.29, 1.82) is 0 Å². The van der Waals surface area contributed by atoms with Crippen molar-refractivity contribution in [3.63, 3.8) is 0 Å². The van der Waals surface area contributed by atoms with Gasteiger partial charge in [0.2, 0.25) is 0 Å². The highest BCUT2D eigenvalue weighted by molar-refractivity contribution is 5.71. The average Bonchev–Trinajstić information content (AvgIpc) is 2.30. The van der Waals surface area contributed by atoms with Gasteiger partial charge in [-0.05, 0) is 24.1 Å². The fourth-order valence-electron chi connectivity index (χ4n) is 2.07. The molecule has 2 unspecified atom stereocenters. The van der Waals surface area contributed by atoms with E-state index in [9.17, 15) is 9.18 Å². The predicted molar refractivity (Wildman–Crippen MR) is 55.7 cm³/mol. The first-order valence-corrected chi connectivity index (χ1v) is 5.24. The van der Waals surface area contributed by atoms with Crippen molar-refractivity contribution in [1.82, 2.24) is 0 Å². The molecule has 0 saturated carbocycles. The summed E-state index contributed by atoms with van der Waals surface area (Å²) in [6, 6.07) is 5.96. The Morgan fingerprint density at radius 2 is 2.06 bits per heavy atom. The Labute approximate surface area is 92.9 Å². The molecule has 1 N–H and O–H groups in total. The van der Waals surface area contributed by atoms with Crippen molar-refractivity contribution in [2.75, 3.05) is 13.2 Å². The molecule has 4 heteroatoms. The predicted octanol–water partition coefficient (Wildman–Crippen LogP) is 2.03. The summed E-state index contributed by atoms with van der Waals surface area (Å²) in [6.07, 6.45) is 0.511. The van der Waals surface area contributed by atoms with Gasteiger partial charge in [0.15, 0.2) is 0 Å². The number of carboxylic acids is 1. The molecule has 2 atom stereocenters. The summed E-state index contributed by atoms with van der Waals surface area (Å²) in [5.74, 6) is -1.73. The van der Waals surface area contributed by atoms with Crippen LogP contribution in [0.5, 0.6) is 0 Å². The molecule has 1 aliphatic heterocycles. The molecule has 3 nitrogen and oxygen atoms in total. The van der Waals surface area contributed by atoms with E-state index >= 15 is 0 Å². The van der Waals surface area contributed by atoms with Gasteiger partial charge >= 0.3 is 5.97 Å². The van der Waals surface area contributed by atoms with Crippen molar-refractivity contribution >= 4 is 5.97 Å². The molecule has 0 bridgehead atoms. The number of hydrogen-bond donors (Lipinski definition) is 1. The molecule has 1 aromatic carbocycles. The van der Waals surface area contributed by atoms with E-state index in [4.69, 9.17) is 9.84 Å². The molecule has 1 fully saturated rings. The smallest absolute Gasteiger partial charge is 0.307 e. The largest absolute Gasteiger partial charge is 0.481 e. The number of rotatable bonds is 2. The minimum atomic E-state index is -0.808. The second-order valence-electron chi connectivity index (χ2n) is 3.97. The van der Waals surface area contributed by atoms with Crippen molar-refractivity contribution in [3.8, 4) is 0 Å². The highest BCUT2D eigenvalue weighted by Gasteiger charge is 2.32. The van der Waals surface area contributed by atoms with Crippen LogP contribution in [0.2, 0.25) is 0 Å². The van der Waals surface area contributed by atoms with Gasteiger partial charge in [-0.3, -0.25) is 4.79 Å². The van der Waals surface area contributed by atoms with Gasteiger partial charge in [-0.2, -0.15) is 0 Å². The topological polar surface area (TPSA) is 46.5 Å². The van der Waals surface area contributed by atoms with Gasteiger partial charge in [0, 0.05) is 12.5 Å². The summed E-state index contributed by atoms with van der Waals surface area (Å²) < 4.78 is 18.1. The van der Waals surface area contributed by atoms with Crippen LogP contribution in [0.15, 0.2) is 24.3 Å². The summed E-state index contributed by atoms with van der Waals surface area (Å²) in [5.41, 5.74) is 0.827. The first-order chi connectivity index (χ1) is 7.68. The summed E-state index contributed by atoms with van der Waals surface area (Å²) in [7, 11) is 0. The van der Waals surface area contributed by atoms with E-state index in [0.717, 1.165) is 5.56 Å². The summed E-state index contributed by atoms with van der Waals surface area (Å²) in [4.78, 5) is 11.1. The first kappa shape index (κ1) is 11.1. The minimum Gasteiger partial charge on any atom is -0.481 e. The Bertz CT molecular complexity index is 374. The number of halogens is 1. The van der Waals surface area contributed by atoms with Crippen LogP contribution in [0.4, 0.5) is 4.39 Å². The van der Waals surface area contributed by atoms with E-state index in [0.29, 0.717) is 19.6 Å². The Hall–Kier alpha value is -1.42. The third kappa shape index (κ3) is 2.22. The van der Waals surface area contributed by atoms with Gasteiger partial charge in [0.1, 0.15) is 5.82 Å². The maximum absolute atomic E-state index is 12.8. The van der Waals surface area contributed by atoms with Crippen molar-refractivity contribution in [3.05, 3.63) is 35.6 Å². The molecule has 1 aliphatic rings. The zero-order chi connectivity index (χ0) is 11.5. The molecule has 1 saturated heterocycles. The molecule has 1 heterocycles. The minimum absolute atomic E-state index is 0.174. The van der Waals surface area contributed by atoms with E-state index < -0.39 is 11.9 Å². The molecule has 16 heavy (non-hydrogen) atoms. The third-order valence-corrected chi connectivity index (χ3v) is 2.97. The molecule has 0 aromatic heterocycles. The number of benzene rings is 1. The SMILES string of the molecule is O=C(O)C1CCOCC1c1ccc(F)cc1. The maximum atomic E-state index is 12.8. The van der Waals surface area contributed by atoms with Gasteiger partial charge in [-0.1, -0.05) is 12.1 Å². The summed E-state index contributed by atoms with van der Waals surface area (Å²) in [5, 5.41) is 9.09. The van der Waals surface area contributed by atoms with E-state index in [1.54, 1.807) is 12.1 Å². The molecule has 0 radical (unpaired) electrons. The standard InChI is InChI=1S/C12H13FO3/c13-9-3-1-8(2-4-9)11-7-16-6-5-10(11)12(14)15/h1-4,10-11H,5-7H2,(H,14,15). The normalized spacial score (nSPS) is 25.3. The first-order valence-electron chi connectivity index (χ1n) is 5.24. The highest BCUT2D eigenvalue weighted by Crippen LogP contribution is 2.31. The van der Waals surface area contributed by atoms with Gasteiger partial charge in [0.25, 0.3) is 0 Å². The fourth-order valence-corrected chi connectivity index (χ4v) is 2.07. The zero-order valence-corrected chi connectivity index (χ0v) is 8.73. The van der Waals surface area contributed by atoms with Crippen molar-refractivity contribution in [2.45, 2.75) is 12.3 Å². The Morgan fingerprint density at radius 3 is 2.69 bits per heavy atom. The summed E-state index contributed by atoms with van der Waals surface area (Å²) >= 11 is 0. The quantitative estimate of drug-likeness (QED) is 0.836. The van der Waals surface area contributed by atoms with Crippen molar-refractivity contribution < 1.29 is 19.0 Å². The third-order valence-electron chi connectivity index (χ3n) is 2.97. The average molecular weight is 224 g/mol. The lowest BCUT2D eigenvalue weighted by Crippen LogP contribution is -2.31. The number of carbonyl (C=O) groups is 1. The molecular weight excluding hydrogens is 211 g/mol. The van der Waals surface area contributed by atoms with Gasteiger partial charge in [-0.25, -0.2) is 4.39 Å². The van der Waals surface area contributed by atoms with Crippen LogP contribution < -0.4 is 0 Å². The highest BCUT2D eigenvalue weighted by atomic mass is 19.1. The van der Waals surface area contributed by atoms with Crippen LogP contribution >= 0.6 is 0 Å². The van der Waals surface area contributed by atoms with E-state index in [1.165, 1.54) is 12.1 Å². The molecule has 0 aliphatic carbocycles. The van der Waals surface area contributed by atoms with Crippen LogP contribution in [0.1, 0.15) is 17.9 Å². The Balaban J connectivity index is 2.23. The van der Waals surface area contributed by atoms with Crippen LogP contribution in [-0.2, 0) is 9.53 Å². The monoisotopic (exact) mass is 224 g/mol. The Morgan fingerprint density at radius 1 is 1.38 bits per heavy atom. The lowest BCUT2D eigenvalue weighted by Gasteiger charge is -2.28. The molecule has 86 valence electrons. The van der Waals surface area contributed by atoms with Gasteiger partial charge in [-0.15, -0.1) is 0 Å². The van der Waals surface area contributed by atoms with Crippen LogP contribution in [0, 0.1) is 11.7 Å². The number of carboxylic acid groups (broad SMARTS) is 1. The maximum Gasteiger partial charge on any atom is 0.307 e. The lowest BCUT2D eigenvalue weighted by atomic mass is 9.83.